The predicted octanol–water partition coefficient (Wildman–Crippen LogP) is 0.0355. The maximum Gasteiger partial charge on any atom is 0.300 e. The number of halogens is 1. The molecular weight excluding hydrogens is 380 g/mol. The molecule has 0 aromatic carbocycles. The summed E-state index contributed by atoms with van der Waals surface area (Å²) in [6.07, 6.45) is 2.82. The molecule has 1 aromatic rings. The van der Waals surface area contributed by atoms with Gasteiger partial charge >= 0.3 is 0 Å². The Bertz CT molecular complexity index is 594. The van der Waals surface area contributed by atoms with Crippen LogP contribution < -0.4 is 14.2 Å². The Hall–Kier alpha value is -1.01. The maximum absolute atomic E-state index is 12.0. The molecule has 0 radical (unpaired) electrons. The Labute approximate surface area is 136 Å². The van der Waals surface area contributed by atoms with Crippen molar-refractivity contribution in [3.05, 3.63) is 10.8 Å². The molecule has 0 bridgehead atoms. The normalized spacial score (nSPS) is 18.4. The van der Waals surface area contributed by atoms with Crippen molar-refractivity contribution in [2.24, 2.45) is 0 Å². The fourth-order valence-corrected chi connectivity index (χ4v) is 3.28. The lowest BCUT2D eigenvalue weighted by Crippen LogP contribution is -2.36. The molecular formula is C11H17BrN4O5S. The van der Waals surface area contributed by atoms with E-state index in [1.54, 1.807) is 0 Å². The molecule has 3 N–H and O–H groups in total. The van der Waals surface area contributed by atoms with Crippen LogP contribution in [0.4, 0.5) is 5.82 Å². The number of anilines is 1. The van der Waals surface area contributed by atoms with Crippen molar-refractivity contribution in [2.45, 2.75) is 18.9 Å². The van der Waals surface area contributed by atoms with E-state index in [9.17, 15) is 8.42 Å². The highest BCUT2D eigenvalue weighted by molar-refractivity contribution is 9.10. The van der Waals surface area contributed by atoms with Crippen LogP contribution >= 0.6 is 15.9 Å². The van der Waals surface area contributed by atoms with Crippen molar-refractivity contribution in [3.8, 4) is 5.88 Å². The first kappa shape index (κ1) is 17.3. The van der Waals surface area contributed by atoms with E-state index in [1.165, 1.54) is 0 Å². The van der Waals surface area contributed by atoms with Crippen LogP contribution in [0.5, 0.6) is 5.88 Å². The summed E-state index contributed by atoms with van der Waals surface area (Å²) in [5.41, 5.74) is 0. The van der Waals surface area contributed by atoms with E-state index in [0.717, 1.165) is 19.2 Å². The third-order valence-electron chi connectivity index (χ3n) is 2.84. The molecule has 2 heterocycles. The number of ether oxygens (including phenoxy) is 2. The minimum absolute atomic E-state index is 0.0407. The van der Waals surface area contributed by atoms with Crippen LogP contribution in [0.25, 0.3) is 0 Å². The predicted molar refractivity (Wildman–Crippen MR) is 81.8 cm³/mol. The second-order valence-corrected chi connectivity index (χ2v) is 6.80. The quantitative estimate of drug-likeness (QED) is 0.566. The van der Waals surface area contributed by atoms with Crippen molar-refractivity contribution in [1.82, 2.24) is 14.7 Å². The molecule has 1 aliphatic rings. The number of hydrogen-bond donors (Lipinski definition) is 3. The van der Waals surface area contributed by atoms with Gasteiger partial charge in [0.1, 0.15) is 17.4 Å². The number of aliphatic hydroxyl groups excluding tert-OH is 1. The van der Waals surface area contributed by atoms with Gasteiger partial charge in [-0.3, -0.25) is 4.72 Å². The van der Waals surface area contributed by atoms with Gasteiger partial charge in [-0.05, 0) is 28.8 Å². The summed E-state index contributed by atoms with van der Waals surface area (Å²) in [5, 5.41) is 8.73. The Kier molecular flexibility index (Phi) is 6.32. The molecule has 0 spiro atoms. The first-order chi connectivity index (χ1) is 10.5. The van der Waals surface area contributed by atoms with Gasteiger partial charge in [0.25, 0.3) is 10.2 Å². The maximum atomic E-state index is 12.0. The molecule has 2 rings (SSSR count). The highest BCUT2D eigenvalue weighted by atomic mass is 79.9. The average molecular weight is 397 g/mol. The van der Waals surface area contributed by atoms with E-state index in [-0.39, 0.29) is 42.0 Å². The molecule has 22 heavy (non-hydrogen) atoms. The van der Waals surface area contributed by atoms with E-state index in [1.807, 2.05) is 0 Å². The Morgan fingerprint density at radius 1 is 1.50 bits per heavy atom. The zero-order valence-corrected chi connectivity index (χ0v) is 14.1. The largest absolute Gasteiger partial charge is 0.474 e. The van der Waals surface area contributed by atoms with Crippen molar-refractivity contribution < 1.29 is 23.0 Å². The molecule has 1 atom stereocenters. The summed E-state index contributed by atoms with van der Waals surface area (Å²) in [4.78, 5) is 7.70. The fourth-order valence-electron chi connectivity index (χ4n) is 1.84. The van der Waals surface area contributed by atoms with Gasteiger partial charge in [-0.25, -0.2) is 9.97 Å². The second kappa shape index (κ2) is 8.02. The molecule has 1 aliphatic heterocycles. The molecule has 0 aliphatic carbocycles. The highest BCUT2D eigenvalue weighted by Crippen LogP contribution is 2.28. The topological polar surface area (TPSA) is 123 Å². The minimum Gasteiger partial charge on any atom is -0.474 e. The van der Waals surface area contributed by atoms with Gasteiger partial charge in [0.15, 0.2) is 5.82 Å². The Balaban J connectivity index is 1.98. The number of nitrogens with one attached hydrogen (secondary N) is 2. The lowest BCUT2D eigenvalue weighted by Gasteiger charge is -2.13. The molecule has 0 amide bonds. The third kappa shape index (κ3) is 5.02. The first-order valence-electron chi connectivity index (χ1n) is 6.65. The monoisotopic (exact) mass is 396 g/mol. The van der Waals surface area contributed by atoms with Crippen LogP contribution in [0, 0.1) is 0 Å². The molecule has 1 fully saturated rings. The van der Waals surface area contributed by atoms with Gasteiger partial charge in [0, 0.05) is 13.2 Å². The lowest BCUT2D eigenvalue weighted by atomic mass is 10.2. The molecule has 124 valence electrons. The van der Waals surface area contributed by atoms with Gasteiger partial charge in [-0.1, -0.05) is 0 Å². The van der Waals surface area contributed by atoms with E-state index < -0.39 is 10.2 Å². The van der Waals surface area contributed by atoms with Crippen molar-refractivity contribution >= 4 is 32.0 Å². The van der Waals surface area contributed by atoms with E-state index in [4.69, 9.17) is 14.6 Å². The summed E-state index contributed by atoms with van der Waals surface area (Å²) in [7, 11) is -3.79. The minimum atomic E-state index is -3.79. The number of aliphatic hydroxyl groups is 1. The smallest absolute Gasteiger partial charge is 0.300 e. The van der Waals surface area contributed by atoms with Crippen molar-refractivity contribution in [1.29, 1.82) is 0 Å². The number of rotatable bonds is 8. The molecule has 1 aromatic heterocycles. The van der Waals surface area contributed by atoms with Crippen LogP contribution in [-0.4, -0.2) is 56.0 Å². The SMILES string of the molecule is O=S(=O)(NCC1CCCO1)Nc1ncnc(OCCO)c1Br. The molecule has 0 saturated carbocycles. The Morgan fingerprint density at radius 2 is 2.32 bits per heavy atom. The van der Waals surface area contributed by atoms with E-state index in [2.05, 4.69) is 35.3 Å². The third-order valence-corrected chi connectivity index (χ3v) is 4.57. The van der Waals surface area contributed by atoms with E-state index >= 15 is 0 Å². The van der Waals surface area contributed by atoms with Crippen LogP contribution in [-0.2, 0) is 14.9 Å². The van der Waals surface area contributed by atoms with Gasteiger partial charge in [-0.15, -0.1) is 0 Å². The standard InChI is InChI=1S/C11H17BrN4O5S/c12-9-10(13-7-14-11(9)21-5-3-17)16-22(18,19)15-6-8-2-1-4-20-8/h7-8,15,17H,1-6H2,(H,13,14,16). The second-order valence-electron chi connectivity index (χ2n) is 4.50. The lowest BCUT2D eigenvalue weighted by molar-refractivity contribution is 0.114. The van der Waals surface area contributed by atoms with Gasteiger partial charge in [0.2, 0.25) is 5.88 Å². The molecule has 1 saturated heterocycles. The van der Waals surface area contributed by atoms with Gasteiger partial charge < -0.3 is 14.6 Å². The van der Waals surface area contributed by atoms with Crippen molar-refractivity contribution in [3.63, 3.8) is 0 Å². The highest BCUT2D eigenvalue weighted by Gasteiger charge is 2.20. The fraction of sp³-hybridized carbons (Fsp3) is 0.636. The average Bonchev–Trinajstić information content (AvgIpc) is 2.99. The van der Waals surface area contributed by atoms with Crippen LogP contribution in [0.15, 0.2) is 10.8 Å². The zero-order valence-electron chi connectivity index (χ0n) is 11.7. The zero-order chi connectivity index (χ0) is 16.0. The molecule has 11 heteroatoms. The van der Waals surface area contributed by atoms with Crippen LogP contribution in [0.1, 0.15) is 12.8 Å². The summed E-state index contributed by atoms with van der Waals surface area (Å²) in [6.45, 7) is 0.717. The summed E-state index contributed by atoms with van der Waals surface area (Å²) in [5.74, 6) is 0.184. The molecule has 1 unspecified atom stereocenters. The van der Waals surface area contributed by atoms with Crippen molar-refractivity contribution in [2.75, 3.05) is 31.1 Å². The summed E-state index contributed by atoms with van der Waals surface area (Å²) < 4.78 is 39.5. The van der Waals surface area contributed by atoms with Gasteiger partial charge in [-0.2, -0.15) is 13.1 Å². The number of hydrogen-bond acceptors (Lipinski definition) is 7. The number of nitrogens with zero attached hydrogens (tertiary/aromatic N) is 2. The summed E-state index contributed by atoms with van der Waals surface area (Å²) >= 11 is 3.17. The van der Waals surface area contributed by atoms with Crippen LogP contribution in [0.2, 0.25) is 0 Å². The first-order valence-corrected chi connectivity index (χ1v) is 8.92. The Morgan fingerprint density at radius 3 is 3.00 bits per heavy atom. The molecule has 9 nitrogen and oxygen atoms in total. The van der Waals surface area contributed by atoms with Crippen LogP contribution in [0.3, 0.4) is 0 Å². The van der Waals surface area contributed by atoms with Gasteiger partial charge in [0.05, 0.1) is 12.7 Å². The number of aromatic nitrogens is 2. The summed E-state index contributed by atoms with van der Waals surface area (Å²) in [6, 6.07) is 0. The van der Waals surface area contributed by atoms with E-state index in [0.29, 0.717) is 6.61 Å².